The molecule has 8 heteroatoms. The van der Waals surface area contributed by atoms with E-state index in [1.54, 1.807) is 11.3 Å². The van der Waals surface area contributed by atoms with Gasteiger partial charge in [0.2, 0.25) is 0 Å². The van der Waals surface area contributed by atoms with Gasteiger partial charge in [-0.2, -0.15) is 0 Å². The van der Waals surface area contributed by atoms with Crippen molar-refractivity contribution in [2.45, 2.75) is 33.7 Å². The van der Waals surface area contributed by atoms with Crippen molar-refractivity contribution >= 4 is 22.3 Å². The normalized spacial score (nSPS) is 11.6. The molecule has 3 rings (SSSR count). The predicted octanol–water partition coefficient (Wildman–Crippen LogP) is 3.49. The summed E-state index contributed by atoms with van der Waals surface area (Å²) in [7, 11) is 0. The molecule has 2 aromatic heterocycles. The van der Waals surface area contributed by atoms with Crippen LogP contribution in [-0.2, 0) is 13.0 Å². The Bertz CT molecular complexity index is 906. The average Bonchev–Trinajstić information content (AvgIpc) is 3.30. The maximum Gasteiger partial charge on any atom is 0.193 e. The highest BCUT2D eigenvalue weighted by Crippen LogP contribution is 2.28. The number of hydrogen-bond donors (Lipinski definition) is 2. The Hall–Kier alpha value is -2.74. The van der Waals surface area contributed by atoms with Gasteiger partial charge in [0.05, 0.1) is 25.5 Å². The summed E-state index contributed by atoms with van der Waals surface area (Å²) in [6.07, 6.45) is 4.89. The number of rotatable bonds is 10. The third-order valence-corrected chi connectivity index (χ3v) is 4.97. The second-order valence-electron chi connectivity index (χ2n) is 6.34. The molecule has 0 bridgehead atoms. The lowest BCUT2D eigenvalue weighted by Crippen LogP contribution is -2.38. The standard InChI is InChI=1S/C21H29N5O2S/c1-4-22-20(24-14-17-15-26-11-12-29-21(26)25-17)23-10-9-16-7-8-18(27-5-2)19(13-16)28-6-3/h7-8,11-13,15H,4-6,9-10,14H2,1-3H3,(H2,22,23,24). The lowest BCUT2D eigenvalue weighted by molar-refractivity contribution is 0.287. The fraction of sp³-hybridized carbons (Fsp3) is 0.429. The van der Waals surface area contributed by atoms with Gasteiger partial charge in [-0.3, -0.25) is 4.40 Å². The van der Waals surface area contributed by atoms with E-state index in [0.29, 0.717) is 19.8 Å². The van der Waals surface area contributed by atoms with Gasteiger partial charge in [0, 0.05) is 30.9 Å². The predicted molar refractivity (Wildman–Crippen MR) is 118 cm³/mol. The summed E-state index contributed by atoms with van der Waals surface area (Å²) in [5.74, 6) is 2.38. The van der Waals surface area contributed by atoms with Gasteiger partial charge < -0.3 is 20.1 Å². The first-order valence-electron chi connectivity index (χ1n) is 10.0. The zero-order chi connectivity index (χ0) is 20.5. The number of fused-ring (bicyclic) bond motifs is 1. The second kappa shape index (κ2) is 10.7. The second-order valence-corrected chi connectivity index (χ2v) is 7.22. The van der Waals surface area contributed by atoms with E-state index in [0.717, 1.165) is 47.6 Å². The van der Waals surface area contributed by atoms with E-state index in [4.69, 9.17) is 9.47 Å². The molecule has 0 fully saturated rings. The van der Waals surface area contributed by atoms with Crippen molar-refractivity contribution in [3.05, 3.63) is 47.2 Å². The summed E-state index contributed by atoms with van der Waals surface area (Å²) < 4.78 is 13.4. The monoisotopic (exact) mass is 415 g/mol. The molecule has 0 saturated heterocycles. The highest BCUT2D eigenvalue weighted by Gasteiger charge is 2.07. The Morgan fingerprint density at radius 2 is 1.97 bits per heavy atom. The summed E-state index contributed by atoms with van der Waals surface area (Å²) in [5.41, 5.74) is 2.15. The van der Waals surface area contributed by atoms with Gasteiger partial charge in [-0.1, -0.05) is 6.07 Å². The van der Waals surface area contributed by atoms with Crippen LogP contribution in [0.15, 0.2) is 41.0 Å². The van der Waals surface area contributed by atoms with Crippen molar-refractivity contribution in [1.82, 2.24) is 20.0 Å². The Morgan fingerprint density at radius 3 is 2.72 bits per heavy atom. The highest BCUT2D eigenvalue weighted by atomic mass is 32.1. The Balaban J connectivity index is 1.57. The molecular formula is C21H29N5O2S. The van der Waals surface area contributed by atoms with Crippen LogP contribution in [0.5, 0.6) is 11.5 Å². The molecule has 3 aromatic rings. The average molecular weight is 416 g/mol. The maximum absolute atomic E-state index is 5.71. The van der Waals surface area contributed by atoms with Crippen LogP contribution in [0.2, 0.25) is 0 Å². The molecular weight excluding hydrogens is 386 g/mol. The number of hydrogen-bond acceptors (Lipinski definition) is 5. The first-order valence-corrected chi connectivity index (χ1v) is 10.9. The third kappa shape index (κ3) is 5.87. The van der Waals surface area contributed by atoms with Gasteiger partial charge in [-0.25, -0.2) is 9.98 Å². The summed E-state index contributed by atoms with van der Waals surface area (Å²) in [6.45, 7) is 9.37. The van der Waals surface area contributed by atoms with Crippen LogP contribution in [0.3, 0.4) is 0 Å². The van der Waals surface area contributed by atoms with Crippen LogP contribution in [0.4, 0.5) is 0 Å². The van der Waals surface area contributed by atoms with E-state index in [9.17, 15) is 0 Å². The molecule has 2 heterocycles. The Labute approximate surface area is 175 Å². The minimum absolute atomic E-state index is 0.543. The van der Waals surface area contributed by atoms with Gasteiger partial charge in [0.25, 0.3) is 0 Å². The number of guanidine groups is 1. The van der Waals surface area contributed by atoms with Crippen LogP contribution in [0, 0.1) is 0 Å². The van der Waals surface area contributed by atoms with Crippen LogP contribution < -0.4 is 20.1 Å². The number of aliphatic imine (C=N–C) groups is 1. The van der Waals surface area contributed by atoms with Gasteiger partial charge in [-0.05, 0) is 44.9 Å². The van der Waals surface area contributed by atoms with Gasteiger partial charge in [0.1, 0.15) is 0 Å². The van der Waals surface area contributed by atoms with Crippen LogP contribution in [0.1, 0.15) is 32.0 Å². The zero-order valence-electron chi connectivity index (χ0n) is 17.3. The number of nitrogens with zero attached hydrogens (tertiary/aromatic N) is 3. The topological polar surface area (TPSA) is 72.2 Å². The van der Waals surface area contributed by atoms with Crippen LogP contribution >= 0.6 is 11.3 Å². The minimum Gasteiger partial charge on any atom is -0.490 e. The number of imidazole rings is 1. The fourth-order valence-electron chi connectivity index (χ4n) is 2.93. The van der Waals surface area contributed by atoms with Gasteiger partial charge in [-0.15, -0.1) is 11.3 Å². The molecule has 0 spiro atoms. The molecule has 0 aliphatic rings. The maximum atomic E-state index is 5.71. The minimum atomic E-state index is 0.543. The number of ether oxygens (including phenoxy) is 2. The number of benzene rings is 1. The van der Waals surface area contributed by atoms with Crippen LogP contribution in [-0.4, -0.2) is 41.6 Å². The van der Waals surface area contributed by atoms with Crippen molar-refractivity contribution in [3.63, 3.8) is 0 Å². The van der Waals surface area contributed by atoms with Crippen molar-refractivity contribution in [1.29, 1.82) is 0 Å². The van der Waals surface area contributed by atoms with E-state index in [2.05, 4.69) is 39.7 Å². The summed E-state index contributed by atoms with van der Waals surface area (Å²) in [6, 6.07) is 6.11. The van der Waals surface area contributed by atoms with Crippen molar-refractivity contribution < 1.29 is 9.47 Å². The van der Waals surface area contributed by atoms with Crippen LogP contribution in [0.25, 0.3) is 4.96 Å². The third-order valence-electron chi connectivity index (χ3n) is 4.20. The van der Waals surface area contributed by atoms with Crippen molar-refractivity contribution in [3.8, 4) is 11.5 Å². The molecule has 0 aliphatic carbocycles. The molecule has 2 N–H and O–H groups in total. The lowest BCUT2D eigenvalue weighted by Gasteiger charge is -2.14. The number of thiazole rings is 1. The van der Waals surface area contributed by atoms with E-state index >= 15 is 0 Å². The van der Waals surface area contributed by atoms with Crippen molar-refractivity contribution in [2.24, 2.45) is 4.99 Å². The number of nitrogens with one attached hydrogen (secondary N) is 2. The smallest absolute Gasteiger partial charge is 0.193 e. The first kappa shape index (κ1) is 21.0. The summed E-state index contributed by atoms with van der Waals surface area (Å²) in [5, 5.41) is 8.71. The summed E-state index contributed by atoms with van der Waals surface area (Å²) in [4.78, 5) is 10.2. The lowest BCUT2D eigenvalue weighted by atomic mass is 10.1. The van der Waals surface area contributed by atoms with E-state index < -0.39 is 0 Å². The highest BCUT2D eigenvalue weighted by molar-refractivity contribution is 7.15. The summed E-state index contributed by atoms with van der Waals surface area (Å²) >= 11 is 1.63. The molecule has 1 aromatic carbocycles. The SMILES string of the molecule is CCNC(=NCc1cn2ccsc2n1)NCCc1ccc(OCC)c(OCC)c1. The van der Waals surface area contributed by atoms with Crippen molar-refractivity contribution in [2.75, 3.05) is 26.3 Å². The molecule has 0 saturated carbocycles. The first-order chi connectivity index (χ1) is 14.2. The Kier molecular flexibility index (Phi) is 7.75. The van der Waals surface area contributed by atoms with Gasteiger partial charge in [0.15, 0.2) is 22.4 Å². The molecule has 0 radical (unpaired) electrons. The van der Waals surface area contributed by atoms with E-state index in [1.807, 2.05) is 42.1 Å². The largest absolute Gasteiger partial charge is 0.490 e. The molecule has 156 valence electrons. The van der Waals surface area contributed by atoms with E-state index in [-0.39, 0.29) is 0 Å². The molecule has 0 amide bonds. The van der Waals surface area contributed by atoms with Gasteiger partial charge >= 0.3 is 0 Å². The molecule has 0 unspecified atom stereocenters. The quantitative estimate of drug-likeness (QED) is 0.392. The molecule has 0 atom stereocenters. The Morgan fingerprint density at radius 1 is 1.14 bits per heavy atom. The zero-order valence-corrected chi connectivity index (χ0v) is 18.1. The molecule has 29 heavy (non-hydrogen) atoms. The molecule has 7 nitrogen and oxygen atoms in total. The molecule has 0 aliphatic heterocycles. The number of aromatic nitrogens is 2. The van der Waals surface area contributed by atoms with E-state index in [1.165, 1.54) is 5.56 Å². The fourth-order valence-corrected chi connectivity index (χ4v) is 3.65.